The fourth-order valence-corrected chi connectivity index (χ4v) is 2.74. The van der Waals surface area contributed by atoms with Crippen molar-refractivity contribution < 1.29 is 13.7 Å². The summed E-state index contributed by atoms with van der Waals surface area (Å²) in [6.07, 6.45) is 1.80. The van der Waals surface area contributed by atoms with Crippen LogP contribution in [-0.2, 0) is 0 Å². The zero-order valence-electron chi connectivity index (χ0n) is 13.0. The number of carbonyl (C=O) groups is 1. The van der Waals surface area contributed by atoms with Crippen LogP contribution in [0.2, 0.25) is 0 Å². The standard InChI is InChI=1S/C16H19FN4O2/c1-2-18-16(22)21-9-3-4-12(10-21)15-19-14(20-23-15)11-5-7-13(17)8-6-11/h5-8,12H,2-4,9-10H2,1H3,(H,18,22). The van der Waals surface area contributed by atoms with Crippen LogP contribution >= 0.6 is 0 Å². The molecule has 1 N–H and O–H groups in total. The Labute approximate surface area is 133 Å². The van der Waals surface area contributed by atoms with Crippen molar-refractivity contribution in [3.05, 3.63) is 36.0 Å². The van der Waals surface area contributed by atoms with E-state index in [1.165, 1.54) is 12.1 Å². The zero-order valence-corrected chi connectivity index (χ0v) is 13.0. The molecule has 1 aromatic heterocycles. The van der Waals surface area contributed by atoms with E-state index in [9.17, 15) is 9.18 Å². The Morgan fingerprint density at radius 3 is 2.96 bits per heavy atom. The summed E-state index contributed by atoms with van der Waals surface area (Å²) in [6, 6.07) is 5.90. The Morgan fingerprint density at radius 1 is 1.43 bits per heavy atom. The molecule has 0 saturated carbocycles. The Bertz CT molecular complexity index is 671. The summed E-state index contributed by atoms with van der Waals surface area (Å²) in [4.78, 5) is 18.1. The van der Waals surface area contributed by atoms with E-state index in [1.54, 1.807) is 17.0 Å². The number of likely N-dealkylation sites (tertiary alicyclic amines) is 1. The number of hydrogen-bond acceptors (Lipinski definition) is 4. The second kappa shape index (κ2) is 6.76. The Balaban J connectivity index is 1.72. The van der Waals surface area contributed by atoms with Crippen molar-refractivity contribution >= 4 is 6.03 Å². The SMILES string of the molecule is CCNC(=O)N1CCCC(c2nc(-c3ccc(F)cc3)no2)C1. The number of rotatable bonds is 3. The van der Waals surface area contributed by atoms with E-state index in [-0.39, 0.29) is 17.8 Å². The van der Waals surface area contributed by atoms with Crippen LogP contribution in [0.25, 0.3) is 11.4 Å². The third-order valence-corrected chi connectivity index (χ3v) is 3.93. The smallest absolute Gasteiger partial charge is 0.317 e. The first kappa shape index (κ1) is 15.5. The van der Waals surface area contributed by atoms with Gasteiger partial charge in [-0.05, 0) is 44.0 Å². The van der Waals surface area contributed by atoms with Crippen LogP contribution in [0.15, 0.2) is 28.8 Å². The van der Waals surface area contributed by atoms with Crippen molar-refractivity contribution in [3.63, 3.8) is 0 Å². The van der Waals surface area contributed by atoms with Crippen molar-refractivity contribution in [2.75, 3.05) is 19.6 Å². The maximum atomic E-state index is 13.0. The van der Waals surface area contributed by atoms with E-state index in [2.05, 4.69) is 15.5 Å². The number of carbonyl (C=O) groups excluding carboxylic acids is 1. The molecule has 0 radical (unpaired) electrons. The summed E-state index contributed by atoms with van der Waals surface area (Å²) in [5.74, 6) is 0.698. The largest absolute Gasteiger partial charge is 0.339 e. The average Bonchev–Trinajstić information content (AvgIpc) is 3.06. The van der Waals surface area contributed by atoms with Gasteiger partial charge in [0.1, 0.15) is 5.82 Å². The predicted octanol–water partition coefficient (Wildman–Crippen LogP) is 2.78. The predicted molar refractivity (Wildman–Crippen MR) is 82.3 cm³/mol. The topological polar surface area (TPSA) is 71.3 Å². The molecule has 1 atom stereocenters. The van der Waals surface area contributed by atoms with Gasteiger partial charge in [0, 0.05) is 25.2 Å². The van der Waals surface area contributed by atoms with Gasteiger partial charge >= 0.3 is 6.03 Å². The van der Waals surface area contributed by atoms with Gasteiger partial charge in [-0.2, -0.15) is 4.98 Å². The van der Waals surface area contributed by atoms with Gasteiger partial charge in [-0.1, -0.05) is 5.16 Å². The molecule has 23 heavy (non-hydrogen) atoms. The highest BCUT2D eigenvalue weighted by Gasteiger charge is 2.28. The van der Waals surface area contributed by atoms with E-state index >= 15 is 0 Å². The minimum absolute atomic E-state index is 0.0352. The summed E-state index contributed by atoms with van der Waals surface area (Å²) in [7, 11) is 0. The molecule has 2 heterocycles. The molecule has 0 spiro atoms. The number of nitrogens with zero attached hydrogens (tertiary/aromatic N) is 3. The van der Waals surface area contributed by atoms with Crippen LogP contribution in [-0.4, -0.2) is 40.7 Å². The highest BCUT2D eigenvalue weighted by molar-refractivity contribution is 5.74. The highest BCUT2D eigenvalue weighted by atomic mass is 19.1. The molecule has 7 heteroatoms. The van der Waals surface area contributed by atoms with E-state index in [1.807, 2.05) is 6.92 Å². The van der Waals surface area contributed by atoms with Gasteiger partial charge < -0.3 is 14.7 Å². The molecule has 2 amide bonds. The number of urea groups is 1. The Kier molecular flexibility index (Phi) is 4.55. The molecular weight excluding hydrogens is 299 g/mol. The summed E-state index contributed by atoms with van der Waals surface area (Å²) in [5.41, 5.74) is 0.706. The maximum Gasteiger partial charge on any atom is 0.317 e. The molecule has 1 aromatic carbocycles. The number of aromatic nitrogens is 2. The first-order chi connectivity index (χ1) is 11.2. The summed E-state index contributed by atoms with van der Waals surface area (Å²) in [5, 5.41) is 6.78. The number of halogens is 1. The van der Waals surface area contributed by atoms with Crippen LogP contribution in [0, 0.1) is 5.82 Å². The van der Waals surface area contributed by atoms with Gasteiger partial charge in [0.05, 0.1) is 5.92 Å². The van der Waals surface area contributed by atoms with E-state index in [4.69, 9.17) is 4.52 Å². The monoisotopic (exact) mass is 318 g/mol. The lowest BCUT2D eigenvalue weighted by atomic mass is 9.98. The average molecular weight is 318 g/mol. The van der Waals surface area contributed by atoms with Crippen molar-refractivity contribution in [1.82, 2.24) is 20.4 Å². The number of amides is 2. The van der Waals surface area contributed by atoms with Gasteiger partial charge in [0.2, 0.25) is 11.7 Å². The van der Waals surface area contributed by atoms with Gasteiger partial charge in [0.25, 0.3) is 0 Å². The van der Waals surface area contributed by atoms with Crippen LogP contribution < -0.4 is 5.32 Å². The molecule has 0 aliphatic carbocycles. The van der Waals surface area contributed by atoms with Gasteiger partial charge in [0.15, 0.2) is 0 Å². The lowest BCUT2D eigenvalue weighted by Crippen LogP contribution is -2.44. The normalized spacial score (nSPS) is 18.0. The minimum Gasteiger partial charge on any atom is -0.339 e. The summed E-state index contributed by atoms with van der Waals surface area (Å²) in [6.45, 7) is 3.81. The molecule has 1 aliphatic rings. The molecule has 6 nitrogen and oxygen atoms in total. The molecule has 0 bridgehead atoms. The van der Waals surface area contributed by atoms with Gasteiger partial charge in [-0.25, -0.2) is 9.18 Å². The Morgan fingerprint density at radius 2 is 2.22 bits per heavy atom. The molecule has 1 saturated heterocycles. The molecule has 1 fully saturated rings. The van der Waals surface area contributed by atoms with Crippen LogP contribution in [0.3, 0.4) is 0 Å². The molecular formula is C16H19FN4O2. The minimum atomic E-state index is -0.303. The summed E-state index contributed by atoms with van der Waals surface area (Å²) >= 11 is 0. The van der Waals surface area contributed by atoms with Crippen molar-refractivity contribution in [2.45, 2.75) is 25.7 Å². The quantitative estimate of drug-likeness (QED) is 0.944. The first-order valence-electron chi connectivity index (χ1n) is 7.79. The molecule has 1 aliphatic heterocycles. The fourth-order valence-electron chi connectivity index (χ4n) is 2.74. The summed E-state index contributed by atoms with van der Waals surface area (Å²) < 4.78 is 18.3. The Hall–Kier alpha value is -2.44. The third kappa shape index (κ3) is 3.49. The van der Waals surface area contributed by atoms with E-state index in [0.717, 1.165) is 19.4 Å². The van der Waals surface area contributed by atoms with Crippen molar-refractivity contribution in [3.8, 4) is 11.4 Å². The second-order valence-corrected chi connectivity index (χ2v) is 5.58. The van der Waals surface area contributed by atoms with Crippen molar-refractivity contribution in [1.29, 1.82) is 0 Å². The molecule has 3 rings (SSSR count). The van der Waals surface area contributed by atoms with Gasteiger partial charge in [-0.15, -0.1) is 0 Å². The maximum absolute atomic E-state index is 13.0. The van der Waals surface area contributed by atoms with Crippen molar-refractivity contribution in [2.24, 2.45) is 0 Å². The fraction of sp³-hybridized carbons (Fsp3) is 0.438. The van der Waals surface area contributed by atoms with Crippen LogP contribution in [0.1, 0.15) is 31.6 Å². The third-order valence-electron chi connectivity index (χ3n) is 3.93. The molecule has 2 aromatic rings. The number of benzene rings is 1. The first-order valence-corrected chi connectivity index (χ1v) is 7.79. The van der Waals surface area contributed by atoms with Gasteiger partial charge in [-0.3, -0.25) is 0 Å². The number of hydrogen-bond donors (Lipinski definition) is 1. The molecule has 1 unspecified atom stereocenters. The van der Waals surface area contributed by atoms with E-state index in [0.29, 0.717) is 30.4 Å². The lowest BCUT2D eigenvalue weighted by Gasteiger charge is -2.30. The number of piperidine rings is 1. The lowest BCUT2D eigenvalue weighted by molar-refractivity contribution is 0.172. The van der Waals surface area contributed by atoms with E-state index < -0.39 is 0 Å². The number of nitrogens with one attached hydrogen (secondary N) is 1. The van der Waals surface area contributed by atoms with Crippen LogP contribution in [0.4, 0.5) is 9.18 Å². The molecule has 122 valence electrons. The highest BCUT2D eigenvalue weighted by Crippen LogP contribution is 2.27. The van der Waals surface area contributed by atoms with Crippen LogP contribution in [0.5, 0.6) is 0 Å². The second-order valence-electron chi connectivity index (χ2n) is 5.58. The zero-order chi connectivity index (χ0) is 16.2.